The SMILES string of the molecule is C[C@@H](OCC1(c2ccccc2)CCC(CC(=O)O)(N2C=NCC2=O)CC1)c1cc(CF)cc(CF)c1. The summed E-state index contributed by atoms with van der Waals surface area (Å²) in [5, 5.41) is 9.65. The lowest BCUT2D eigenvalue weighted by atomic mass is 9.63. The molecule has 1 amide bonds. The molecule has 2 aromatic rings. The van der Waals surface area contributed by atoms with Gasteiger partial charge in [0.05, 0.1) is 31.0 Å². The van der Waals surface area contributed by atoms with Crippen molar-refractivity contribution in [1.82, 2.24) is 4.90 Å². The Bertz CT molecular complexity index is 1090. The second kappa shape index (κ2) is 10.9. The minimum absolute atomic E-state index is 0.0463. The fourth-order valence-electron chi connectivity index (χ4n) is 5.58. The van der Waals surface area contributed by atoms with Crippen molar-refractivity contribution in [1.29, 1.82) is 0 Å². The van der Waals surface area contributed by atoms with Crippen LogP contribution in [0.15, 0.2) is 53.5 Å². The van der Waals surface area contributed by atoms with Crippen molar-refractivity contribution in [3.63, 3.8) is 0 Å². The highest BCUT2D eigenvalue weighted by molar-refractivity contribution is 5.95. The summed E-state index contributed by atoms with van der Waals surface area (Å²) >= 11 is 0. The van der Waals surface area contributed by atoms with Gasteiger partial charge >= 0.3 is 5.97 Å². The standard InChI is InChI=1S/C28H32F2N2O4/c1-20(23-12-21(15-29)11-22(13-23)16-30)36-18-27(24-5-3-2-4-6-24)7-9-28(10-8-27,14-26(34)35)32-19-31-17-25(32)33/h2-6,11-13,19-20H,7-10,14-18H2,1H3,(H,34,35)/t20-,27?,28?/m1/s1. The number of benzene rings is 2. The minimum Gasteiger partial charge on any atom is -0.481 e. The van der Waals surface area contributed by atoms with E-state index in [0.717, 1.165) is 11.1 Å². The number of carbonyl (C=O) groups is 2. The second-order valence-corrected chi connectivity index (χ2v) is 9.96. The first-order valence-corrected chi connectivity index (χ1v) is 12.3. The molecular weight excluding hydrogens is 466 g/mol. The quantitative estimate of drug-likeness (QED) is 0.482. The largest absolute Gasteiger partial charge is 0.481 e. The zero-order valence-electron chi connectivity index (χ0n) is 20.5. The first-order valence-electron chi connectivity index (χ1n) is 12.3. The average molecular weight is 499 g/mol. The number of ether oxygens (including phenoxy) is 1. The molecule has 1 fully saturated rings. The summed E-state index contributed by atoms with van der Waals surface area (Å²) in [5.74, 6) is -1.12. The van der Waals surface area contributed by atoms with Crippen LogP contribution in [-0.4, -0.2) is 46.9 Å². The highest BCUT2D eigenvalue weighted by atomic mass is 19.1. The molecule has 1 N–H and O–H groups in total. The number of rotatable bonds is 10. The molecule has 6 nitrogen and oxygen atoms in total. The molecule has 4 rings (SSSR count). The first-order chi connectivity index (χ1) is 17.3. The van der Waals surface area contributed by atoms with Gasteiger partial charge in [-0.25, -0.2) is 8.78 Å². The number of alkyl halides is 2. The molecule has 1 atom stereocenters. The van der Waals surface area contributed by atoms with E-state index >= 15 is 0 Å². The van der Waals surface area contributed by atoms with Crippen molar-refractivity contribution >= 4 is 18.2 Å². The van der Waals surface area contributed by atoms with E-state index in [2.05, 4.69) is 4.99 Å². The lowest BCUT2D eigenvalue weighted by Crippen LogP contribution is -2.55. The lowest BCUT2D eigenvalue weighted by molar-refractivity contribution is -0.143. The topological polar surface area (TPSA) is 79.2 Å². The van der Waals surface area contributed by atoms with Gasteiger partial charge in [0, 0.05) is 5.41 Å². The molecule has 0 unspecified atom stereocenters. The van der Waals surface area contributed by atoms with Gasteiger partial charge in [0.15, 0.2) is 0 Å². The molecule has 1 aliphatic carbocycles. The third-order valence-corrected chi connectivity index (χ3v) is 7.67. The van der Waals surface area contributed by atoms with Crippen LogP contribution in [0.4, 0.5) is 8.78 Å². The van der Waals surface area contributed by atoms with Crippen LogP contribution in [0.3, 0.4) is 0 Å². The monoisotopic (exact) mass is 498 g/mol. The normalized spacial score (nSPS) is 24.8. The maximum atomic E-state index is 13.3. The van der Waals surface area contributed by atoms with Crippen LogP contribution in [-0.2, 0) is 33.1 Å². The van der Waals surface area contributed by atoms with E-state index in [9.17, 15) is 23.5 Å². The van der Waals surface area contributed by atoms with Gasteiger partial charge in [-0.05, 0) is 54.9 Å². The maximum absolute atomic E-state index is 13.3. The van der Waals surface area contributed by atoms with Crippen molar-refractivity contribution in [3.05, 3.63) is 70.8 Å². The molecule has 2 aliphatic rings. The number of aliphatic carboxylic acids is 1. The molecule has 8 heteroatoms. The van der Waals surface area contributed by atoms with Crippen molar-refractivity contribution < 1.29 is 28.2 Å². The van der Waals surface area contributed by atoms with Crippen molar-refractivity contribution in [2.45, 2.75) is 69.4 Å². The van der Waals surface area contributed by atoms with Crippen LogP contribution in [0.5, 0.6) is 0 Å². The van der Waals surface area contributed by atoms with Gasteiger partial charge in [0.25, 0.3) is 0 Å². The number of amides is 1. The van der Waals surface area contributed by atoms with Crippen LogP contribution in [0.1, 0.15) is 67.4 Å². The Hall–Kier alpha value is -3.13. The lowest BCUT2D eigenvalue weighted by Gasteiger charge is -2.49. The van der Waals surface area contributed by atoms with Gasteiger partial charge in [-0.2, -0.15) is 0 Å². The van der Waals surface area contributed by atoms with E-state index in [1.807, 2.05) is 37.3 Å². The number of carboxylic acids is 1. The van der Waals surface area contributed by atoms with Gasteiger partial charge < -0.3 is 9.84 Å². The fraction of sp³-hybridized carbons (Fsp3) is 0.464. The summed E-state index contributed by atoms with van der Waals surface area (Å²) in [6.45, 7) is 0.922. The average Bonchev–Trinajstić information content (AvgIpc) is 3.34. The molecule has 1 heterocycles. The van der Waals surface area contributed by atoms with Crippen molar-refractivity contribution in [2.24, 2.45) is 4.99 Å². The van der Waals surface area contributed by atoms with Crippen molar-refractivity contribution in [2.75, 3.05) is 13.2 Å². The van der Waals surface area contributed by atoms with E-state index in [4.69, 9.17) is 4.74 Å². The molecule has 2 aromatic carbocycles. The number of carboxylic acid groups (broad SMARTS) is 1. The van der Waals surface area contributed by atoms with Crippen LogP contribution in [0.2, 0.25) is 0 Å². The summed E-state index contributed by atoms with van der Waals surface area (Å²) in [4.78, 5) is 29.9. The van der Waals surface area contributed by atoms with Crippen LogP contribution >= 0.6 is 0 Å². The fourth-order valence-corrected chi connectivity index (χ4v) is 5.58. The Labute approximate surface area is 210 Å². The Morgan fingerprint density at radius 1 is 1.08 bits per heavy atom. The summed E-state index contributed by atoms with van der Waals surface area (Å²) in [7, 11) is 0. The number of nitrogens with zero attached hydrogens (tertiary/aromatic N) is 2. The zero-order valence-corrected chi connectivity index (χ0v) is 20.5. The molecule has 0 spiro atoms. The van der Waals surface area contributed by atoms with Crippen LogP contribution in [0, 0.1) is 0 Å². The number of halogens is 2. The van der Waals surface area contributed by atoms with E-state index in [1.54, 1.807) is 12.1 Å². The maximum Gasteiger partial charge on any atom is 0.305 e. The highest BCUT2D eigenvalue weighted by Gasteiger charge is 2.49. The predicted octanol–water partition coefficient (Wildman–Crippen LogP) is 5.30. The van der Waals surface area contributed by atoms with Gasteiger partial charge in [0.1, 0.15) is 19.9 Å². The Balaban J connectivity index is 1.58. The molecule has 36 heavy (non-hydrogen) atoms. The number of aliphatic imine (C=N–C) groups is 1. The van der Waals surface area contributed by atoms with E-state index in [0.29, 0.717) is 43.4 Å². The Morgan fingerprint density at radius 3 is 2.25 bits per heavy atom. The molecule has 0 aromatic heterocycles. The van der Waals surface area contributed by atoms with Gasteiger partial charge in [-0.15, -0.1) is 0 Å². The molecule has 1 aliphatic heterocycles. The van der Waals surface area contributed by atoms with E-state index in [-0.39, 0.29) is 25.0 Å². The summed E-state index contributed by atoms with van der Waals surface area (Å²) in [6, 6.07) is 14.9. The summed E-state index contributed by atoms with van der Waals surface area (Å²) in [5.41, 5.74) is 1.43. The van der Waals surface area contributed by atoms with Crippen LogP contribution < -0.4 is 0 Å². The smallest absolute Gasteiger partial charge is 0.305 e. The first kappa shape index (κ1) is 25.9. The molecule has 0 saturated heterocycles. The molecule has 0 bridgehead atoms. The summed E-state index contributed by atoms with van der Waals surface area (Å²) < 4.78 is 33.0. The third kappa shape index (κ3) is 5.33. The second-order valence-electron chi connectivity index (χ2n) is 9.96. The molecule has 192 valence electrons. The molecule has 1 saturated carbocycles. The number of hydrogen-bond acceptors (Lipinski definition) is 4. The zero-order chi connectivity index (χ0) is 25.8. The van der Waals surface area contributed by atoms with E-state index < -0.39 is 30.3 Å². The number of carbonyl (C=O) groups excluding carboxylic acids is 1. The Kier molecular flexibility index (Phi) is 7.83. The minimum atomic E-state index is -0.948. The van der Waals surface area contributed by atoms with Gasteiger partial charge in [-0.1, -0.05) is 48.5 Å². The van der Waals surface area contributed by atoms with Crippen LogP contribution in [0.25, 0.3) is 0 Å². The molecular formula is C28H32F2N2O4. The van der Waals surface area contributed by atoms with E-state index in [1.165, 1.54) is 17.3 Å². The highest BCUT2D eigenvalue weighted by Crippen LogP contribution is 2.47. The predicted molar refractivity (Wildman–Crippen MR) is 132 cm³/mol. The summed E-state index contributed by atoms with van der Waals surface area (Å²) in [6.07, 6.45) is 3.18. The molecule has 0 radical (unpaired) electrons. The van der Waals surface area contributed by atoms with Crippen molar-refractivity contribution in [3.8, 4) is 0 Å². The third-order valence-electron chi connectivity index (χ3n) is 7.67. The Morgan fingerprint density at radius 2 is 1.72 bits per heavy atom. The van der Waals surface area contributed by atoms with Gasteiger partial charge in [-0.3, -0.25) is 19.5 Å². The number of hydrogen-bond donors (Lipinski definition) is 1. The van der Waals surface area contributed by atoms with Gasteiger partial charge in [0.2, 0.25) is 5.91 Å².